The van der Waals surface area contributed by atoms with Crippen LogP contribution >= 0.6 is 11.3 Å². The molecular weight excluding hydrogens is 412 g/mol. The number of rotatable bonds is 7. The van der Waals surface area contributed by atoms with E-state index in [2.05, 4.69) is 46.2 Å². The molecule has 1 aromatic carbocycles. The molecule has 1 aliphatic heterocycles. The highest BCUT2D eigenvalue weighted by molar-refractivity contribution is 7.17. The van der Waals surface area contributed by atoms with Gasteiger partial charge in [-0.1, -0.05) is 49.4 Å². The molecular formula is C23H30N4O3S. The first-order chi connectivity index (χ1) is 15.0. The number of likely N-dealkylation sites (tertiary alicyclic amines) is 1. The molecule has 7 nitrogen and oxygen atoms in total. The molecule has 1 fully saturated rings. The van der Waals surface area contributed by atoms with Crippen molar-refractivity contribution in [2.75, 3.05) is 19.7 Å². The minimum atomic E-state index is -0.104. The van der Waals surface area contributed by atoms with Crippen molar-refractivity contribution >= 4 is 22.3 Å². The summed E-state index contributed by atoms with van der Waals surface area (Å²) in [7, 11) is 0. The Morgan fingerprint density at radius 3 is 2.48 bits per heavy atom. The largest absolute Gasteiger partial charge is 0.492 e. The lowest BCUT2D eigenvalue weighted by Gasteiger charge is -2.36. The van der Waals surface area contributed by atoms with Crippen molar-refractivity contribution in [2.24, 2.45) is 5.92 Å². The first-order valence-corrected chi connectivity index (χ1v) is 11.9. The standard InChI is InChI=1S/C23H30N4O3S/c1-4-15-7-9-16(10-8-15)19(26-13-11-17(12-14-26)22(29)30-6-3)20-21(28)27-23(31-20)24-18(5-2)25-27/h7-10,17,19,28H,4-6,11-14H2,1-3H3. The van der Waals surface area contributed by atoms with Crippen molar-refractivity contribution in [1.29, 1.82) is 0 Å². The number of fused-ring (bicyclic) bond motifs is 1. The first-order valence-electron chi connectivity index (χ1n) is 11.1. The third-order valence-corrected chi connectivity index (χ3v) is 7.10. The van der Waals surface area contributed by atoms with Crippen LogP contribution in [-0.4, -0.2) is 50.3 Å². The van der Waals surface area contributed by atoms with Crippen LogP contribution in [0, 0.1) is 5.92 Å². The van der Waals surface area contributed by atoms with Gasteiger partial charge in [0.25, 0.3) is 0 Å². The van der Waals surface area contributed by atoms with Gasteiger partial charge in [-0.3, -0.25) is 9.69 Å². The summed E-state index contributed by atoms with van der Waals surface area (Å²) in [6.45, 7) is 7.93. The molecule has 0 radical (unpaired) electrons. The summed E-state index contributed by atoms with van der Waals surface area (Å²) in [5, 5.41) is 15.5. The monoisotopic (exact) mass is 442 g/mol. The van der Waals surface area contributed by atoms with Crippen molar-refractivity contribution in [1.82, 2.24) is 19.5 Å². The zero-order valence-corrected chi connectivity index (χ0v) is 19.2. The summed E-state index contributed by atoms with van der Waals surface area (Å²) in [5.74, 6) is 0.735. The second kappa shape index (κ2) is 9.36. The van der Waals surface area contributed by atoms with Gasteiger partial charge in [-0.2, -0.15) is 4.52 Å². The number of benzene rings is 1. The number of nitrogens with zero attached hydrogens (tertiary/aromatic N) is 4. The molecule has 1 N–H and O–H groups in total. The minimum absolute atomic E-state index is 0.0534. The van der Waals surface area contributed by atoms with E-state index in [-0.39, 0.29) is 23.8 Å². The molecule has 1 saturated heterocycles. The fraction of sp³-hybridized carbons (Fsp3) is 0.522. The van der Waals surface area contributed by atoms with E-state index in [1.807, 2.05) is 13.8 Å². The number of thiazole rings is 1. The predicted molar refractivity (Wildman–Crippen MR) is 120 cm³/mol. The maximum absolute atomic E-state index is 12.2. The number of carbonyl (C=O) groups excluding carboxylic acids is 1. The lowest BCUT2D eigenvalue weighted by Crippen LogP contribution is -2.39. The van der Waals surface area contributed by atoms with E-state index in [0.29, 0.717) is 11.6 Å². The van der Waals surface area contributed by atoms with Crippen molar-refractivity contribution in [2.45, 2.75) is 52.5 Å². The van der Waals surface area contributed by atoms with E-state index in [1.54, 1.807) is 4.52 Å². The van der Waals surface area contributed by atoms with Gasteiger partial charge in [0.15, 0.2) is 5.82 Å². The number of piperidine rings is 1. The summed E-state index contributed by atoms with van der Waals surface area (Å²) < 4.78 is 6.78. The summed E-state index contributed by atoms with van der Waals surface area (Å²) in [5.41, 5.74) is 2.41. The number of esters is 1. The Hall–Kier alpha value is -2.45. The average Bonchev–Trinajstić information content (AvgIpc) is 3.34. The molecule has 4 rings (SSSR count). The molecule has 0 amide bonds. The van der Waals surface area contributed by atoms with Gasteiger partial charge >= 0.3 is 5.97 Å². The van der Waals surface area contributed by atoms with E-state index in [4.69, 9.17) is 4.74 Å². The van der Waals surface area contributed by atoms with Gasteiger partial charge in [0, 0.05) is 6.42 Å². The Balaban J connectivity index is 1.66. The lowest BCUT2D eigenvalue weighted by atomic mass is 9.93. The summed E-state index contributed by atoms with van der Waals surface area (Å²) >= 11 is 1.49. The Morgan fingerprint density at radius 1 is 1.19 bits per heavy atom. The van der Waals surface area contributed by atoms with Gasteiger partial charge < -0.3 is 9.84 Å². The van der Waals surface area contributed by atoms with E-state index in [0.717, 1.165) is 55.0 Å². The Bertz CT molecular complexity index is 1040. The van der Waals surface area contributed by atoms with Crippen LogP contribution in [0.15, 0.2) is 24.3 Å². The molecule has 8 heteroatoms. The highest BCUT2D eigenvalue weighted by Crippen LogP contribution is 2.41. The SMILES string of the molecule is CCOC(=O)C1CCN(C(c2ccc(CC)cc2)c2sc3nc(CC)nn3c2O)CC1. The van der Waals surface area contributed by atoms with Crippen LogP contribution in [0.4, 0.5) is 0 Å². The van der Waals surface area contributed by atoms with Crippen LogP contribution in [-0.2, 0) is 22.4 Å². The number of carbonyl (C=O) groups is 1. The Morgan fingerprint density at radius 2 is 1.90 bits per heavy atom. The molecule has 166 valence electrons. The molecule has 1 unspecified atom stereocenters. The minimum Gasteiger partial charge on any atom is -0.492 e. The van der Waals surface area contributed by atoms with Crippen molar-refractivity contribution < 1.29 is 14.6 Å². The van der Waals surface area contributed by atoms with E-state index < -0.39 is 0 Å². The smallest absolute Gasteiger partial charge is 0.309 e. The topological polar surface area (TPSA) is 80.0 Å². The third kappa shape index (κ3) is 4.32. The zero-order valence-electron chi connectivity index (χ0n) is 18.4. The fourth-order valence-electron chi connectivity index (χ4n) is 4.24. The second-order valence-electron chi connectivity index (χ2n) is 7.93. The molecule has 0 bridgehead atoms. The average molecular weight is 443 g/mol. The predicted octanol–water partition coefficient (Wildman–Crippen LogP) is 3.99. The van der Waals surface area contributed by atoms with Crippen LogP contribution in [0.25, 0.3) is 4.96 Å². The van der Waals surface area contributed by atoms with Crippen LogP contribution in [0.1, 0.15) is 61.5 Å². The van der Waals surface area contributed by atoms with Gasteiger partial charge in [0.05, 0.1) is 23.4 Å². The summed E-state index contributed by atoms with van der Waals surface area (Å²) in [6, 6.07) is 8.49. The number of aromatic nitrogens is 3. The Labute approximate surface area is 186 Å². The van der Waals surface area contributed by atoms with E-state index in [9.17, 15) is 9.90 Å². The van der Waals surface area contributed by atoms with Crippen LogP contribution in [0.5, 0.6) is 5.88 Å². The summed E-state index contributed by atoms with van der Waals surface area (Å²) in [4.78, 5) is 20.6. The maximum Gasteiger partial charge on any atom is 0.309 e. The van der Waals surface area contributed by atoms with Crippen molar-refractivity contribution in [3.63, 3.8) is 0 Å². The number of ether oxygens (including phenoxy) is 1. The second-order valence-corrected chi connectivity index (χ2v) is 8.93. The van der Waals surface area contributed by atoms with Crippen molar-refractivity contribution in [3.05, 3.63) is 46.1 Å². The lowest BCUT2D eigenvalue weighted by molar-refractivity contribution is -0.149. The van der Waals surface area contributed by atoms with Crippen LogP contribution in [0.2, 0.25) is 0 Å². The molecule has 2 aromatic heterocycles. The number of hydrogen-bond donors (Lipinski definition) is 1. The highest BCUT2D eigenvalue weighted by Gasteiger charge is 2.34. The van der Waals surface area contributed by atoms with E-state index in [1.165, 1.54) is 16.9 Å². The molecule has 1 atom stereocenters. The van der Waals surface area contributed by atoms with Crippen molar-refractivity contribution in [3.8, 4) is 5.88 Å². The third-order valence-electron chi connectivity index (χ3n) is 6.03. The molecule has 0 spiro atoms. The van der Waals surface area contributed by atoms with E-state index >= 15 is 0 Å². The van der Waals surface area contributed by atoms with Gasteiger partial charge in [-0.25, -0.2) is 4.98 Å². The van der Waals surface area contributed by atoms with Gasteiger partial charge in [-0.15, -0.1) is 5.10 Å². The molecule has 1 aliphatic rings. The normalized spacial score (nSPS) is 16.6. The fourth-order valence-corrected chi connectivity index (χ4v) is 5.37. The first kappa shape index (κ1) is 21.8. The molecule has 0 saturated carbocycles. The Kier molecular flexibility index (Phi) is 6.57. The number of hydrogen-bond acceptors (Lipinski definition) is 7. The highest BCUT2D eigenvalue weighted by atomic mass is 32.1. The van der Waals surface area contributed by atoms with Gasteiger partial charge in [-0.05, 0) is 50.4 Å². The maximum atomic E-state index is 12.2. The molecule has 0 aliphatic carbocycles. The number of aromatic hydroxyl groups is 1. The molecule has 3 aromatic rings. The summed E-state index contributed by atoms with van der Waals surface area (Å²) in [6.07, 6.45) is 3.22. The molecule has 31 heavy (non-hydrogen) atoms. The van der Waals surface area contributed by atoms with Crippen LogP contribution in [0.3, 0.4) is 0 Å². The van der Waals surface area contributed by atoms with Gasteiger partial charge in [0.1, 0.15) is 0 Å². The zero-order chi connectivity index (χ0) is 22.0. The van der Waals surface area contributed by atoms with Crippen LogP contribution < -0.4 is 0 Å². The number of aryl methyl sites for hydroxylation is 2. The van der Waals surface area contributed by atoms with Gasteiger partial charge in [0.2, 0.25) is 10.8 Å². The quantitative estimate of drug-likeness (QED) is 0.558. The molecule has 3 heterocycles.